The van der Waals surface area contributed by atoms with Crippen LogP contribution in [0.25, 0.3) is 0 Å². The van der Waals surface area contributed by atoms with Crippen LogP contribution in [0.1, 0.15) is 44.3 Å². The first kappa shape index (κ1) is 13.1. The number of benzene rings is 1. The second-order valence-electron chi connectivity index (χ2n) is 5.08. The second kappa shape index (κ2) is 5.08. The van der Waals surface area contributed by atoms with E-state index in [0.29, 0.717) is 11.3 Å². The molecule has 1 aromatic rings. The lowest BCUT2D eigenvalue weighted by Gasteiger charge is -2.23. The lowest BCUT2D eigenvalue weighted by atomic mass is 9.97. The highest BCUT2D eigenvalue weighted by Gasteiger charge is 2.37. The largest absolute Gasteiger partial charge is 0.389 e. The van der Waals surface area contributed by atoms with Crippen LogP contribution < -0.4 is 11.1 Å². The monoisotopic (exact) mass is 248 g/mol. The maximum atomic E-state index is 12.2. The summed E-state index contributed by atoms with van der Waals surface area (Å²) in [5.74, 6) is -0.145. The fraction of sp³-hybridized carbons (Fsp3) is 0.500. The van der Waals surface area contributed by atoms with E-state index in [2.05, 4.69) is 5.32 Å². The fourth-order valence-corrected chi connectivity index (χ4v) is 2.45. The summed E-state index contributed by atoms with van der Waals surface area (Å²) in [7, 11) is 0. The molecule has 1 fully saturated rings. The summed E-state index contributed by atoms with van der Waals surface area (Å²) >= 11 is 0. The van der Waals surface area contributed by atoms with E-state index in [0.717, 1.165) is 25.7 Å². The van der Waals surface area contributed by atoms with Gasteiger partial charge in [-0.15, -0.1) is 0 Å². The normalized spacial score (nSPS) is 19.5. The van der Waals surface area contributed by atoms with Crippen molar-refractivity contribution in [1.29, 1.82) is 0 Å². The van der Waals surface area contributed by atoms with Crippen molar-refractivity contribution in [2.45, 2.75) is 44.2 Å². The van der Waals surface area contributed by atoms with Gasteiger partial charge in [0.2, 0.25) is 5.91 Å². The van der Waals surface area contributed by atoms with E-state index < -0.39 is 11.6 Å². The molecule has 1 aliphatic rings. The Labute approximate surface area is 107 Å². The minimum Gasteiger partial charge on any atom is -0.389 e. The molecule has 4 N–H and O–H groups in total. The first-order chi connectivity index (χ1) is 8.53. The number of nitrogens with two attached hydrogens (primary N) is 1. The zero-order valence-electron chi connectivity index (χ0n) is 10.6. The van der Waals surface area contributed by atoms with E-state index in [9.17, 15) is 9.90 Å². The van der Waals surface area contributed by atoms with Gasteiger partial charge in [0.25, 0.3) is 0 Å². The number of anilines is 1. The van der Waals surface area contributed by atoms with Crippen LogP contribution in [0.15, 0.2) is 24.3 Å². The number of para-hydroxylation sites is 1. The number of rotatable bonds is 3. The van der Waals surface area contributed by atoms with E-state index in [-0.39, 0.29) is 5.91 Å². The van der Waals surface area contributed by atoms with Crippen molar-refractivity contribution in [1.82, 2.24) is 0 Å². The lowest BCUT2D eigenvalue weighted by Crippen LogP contribution is -2.48. The number of aliphatic hydroxyl groups excluding tert-OH is 1. The summed E-state index contributed by atoms with van der Waals surface area (Å²) in [6, 6.07) is 7.27. The number of carbonyl (C=O) groups excluding carboxylic acids is 1. The first-order valence-corrected chi connectivity index (χ1v) is 6.40. The number of aliphatic hydroxyl groups is 1. The summed E-state index contributed by atoms with van der Waals surface area (Å²) in [4.78, 5) is 12.2. The molecule has 0 heterocycles. The summed E-state index contributed by atoms with van der Waals surface area (Å²) in [6.07, 6.45) is 2.86. The van der Waals surface area contributed by atoms with Crippen molar-refractivity contribution in [3.05, 3.63) is 29.8 Å². The average Bonchev–Trinajstić information content (AvgIpc) is 2.78. The molecule has 18 heavy (non-hydrogen) atoms. The van der Waals surface area contributed by atoms with Gasteiger partial charge < -0.3 is 16.2 Å². The molecule has 4 heteroatoms. The van der Waals surface area contributed by atoms with Crippen molar-refractivity contribution >= 4 is 11.6 Å². The Morgan fingerprint density at radius 1 is 1.39 bits per heavy atom. The minimum absolute atomic E-state index is 0.145. The molecule has 1 atom stereocenters. The zero-order valence-corrected chi connectivity index (χ0v) is 10.6. The number of carbonyl (C=O) groups is 1. The summed E-state index contributed by atoms with van der Waals surface area (Å²) in [5.41, 5.74) is 6.72. The highest BCUT2D eigenvalue weighted by Crippen LogP contribution is 2.29. The van der Waals surface area contributed by atoms with Gasteiger partial charge >= 0.3 is 0 Å². The predicted octanol–water partition coefficient (Wildman–Crippen LogP) is 1.95. The summed E-state index contributed by atoms with van der Waals surface area (Å²) in [6.45, 7) is 1.68. The van der Waals surface area contributed by atoms with Crippen LogP contribution in [0.5, 0.6) is 0 Å². The van der Waals surface area contributed by atoms with Crippen LogP contribution in [0.2, 0.25) is 0 Å². The van der Waals surface area contributed by atoms with Gasteiger partial charge in [-0.3, -0.25) is 4.79 Å². The van der Waals surface area contributed by atoms with Crippen molar-refractivity contribution in [3.8, 4) is 0 Å². The highest BCUT2D eigenvalue weighted by atomic mass is 16.3. The average molecular weight is 248 g/mol. The number of hydrogen-bond donors (Lipinski definition) is 3. The van der Waals surface area contributed by atoms with E-state index in [1.54, 1.807) is 19.1 Å². The Balaban J connectivity index is 2.16. The molecule has 98 valence electrons. The third-order valence-corrected chi connectivity index (χ3v) is 3.61. The number of hydrogen-bond acceptors (Lipinski definition) is 3. The summed E-state index contributed by atoms with van der Waals surface area (Å²) < 4.78 is 0. The van der Waals surface area contributed by atoms with E-state index >= 15 is 0 Å². The molecule has 0 saturated heterocycles. The maximum absolute atomic E-state index is 12.2. The molecule has 0 aromatic heterocycles. The van der Waals surface area contributed by atoms with Crippen LogP contribution in [0.4, 0.5) is 5.69 Å². The van der Waals surface area contributed by atoms with Crippen LogP contribution in [0, 0.1) is 0 Å². The molecule has 0 spiro atoms. The molecular formula is C14H20N2O2. The second-order valence-corrected chi connectivity index (χ2v) is 5.08. The van der Waals surface area contributed by atoms with Gasteiger partial charge in [-0.1, -0.05) is 31.0 Å². The standard InChI is InChI=1S/C14H20N2O2/c1-10(17)11-6-2-3-7-12(11)16-13(18)14(15)8-4-5-9-14/h2-3,6-7,10,17H,4-5,8-9,15H2,1H3,(H,16,18). The van der Waals surface area contributed by atoms with E-state index in [4.69, 9.17) is 5.73 Å². The van der Waals surface area contributed by atoms with Crippen molar-refractivity contribution in [2.24, 2.45) is 5.73 Å². The van der Waals surface area contributed by atoms with Crippen LogP contribution in [0.3, 0.4) is 0 Å². The minimum atomic E-state index is -0.744. The van der Waals surface area contributed by atoms with Crippen LogP contribution in [-0.4, -0.2) is 16.6 Å². The topological polar surface area (TPSA) is 75.3 Å². The zero-order chi connectivity index (χ0) is 13.2. The maximum Gasteiger partial charge on any atom is 0.244 e. The van der Waals surface area contributed by atoms with Crippen molar-refractivity contribution in [2.75, 3.05) is 5.32 Å². The Bertz CT molecular complexity index is 437. The van der Waals surface area contributed by atoms with E-state index in [1.807, 2.05) is 12.1 Å². The molecule has 2 rings (SSSR count). The van der Waals surface area contributed by atoms with Crippen molar-refractivity contribution in [3.63, 3.8) is 0 Å². The molecule has 0 aliphatic heterocycles. The molecule has 0 bridgehead atoms. The molecule has 1 saturated carbocycles. The predicted molar refractivity (Wildman–Crippen MR) is 71.1 cm³/mol. The van der Waals surface area contributed by atoms with Gasteiger partial charge in [-0.25, -0.2) is 0 Å². The highest BCUT2D eigenvalue weighted by molar-refractivity contribution is 5.98. The molecule has 1 amide bonds. The molecule has 0 radical (unpaired) electrons. The molecular weight excluding hydrogens is 228 g/mol. The van der Waals surface area contributed by atoms with Gasteiger partial charge in [-0.2, -0.15) is 0 Å². The molecule has 1 aromatic carbocycles. The third kappa shape index (κ3) is 2.54. The van der Waals surface area contributed by atoms with Gasteiger partial charge in [0, 0.05) is 11.3 Å². The molecule has 1 aliphatic carbocycles. The van der Waals surface area contributed by atoms with Crippen LogP contribution in [-0.2, 0) is 4.79 Å². The van der Waals surface area contributed by atoms with E-state index in [1.165, 1.54) is 0 Å². The fourth-order valence-electron chi connectivity index (χ4n) is 2.45. The van der Waals surface area contributed by atoms with Gasteiger partial charge in [0.1, 0.15) is 0 Å². The Morgan fingerprint density at radius 2 is 2.00 bits per heavy atom. The SMILES string of the molecule is CC(O)c1ccccc1NC(=O)C1(N)CCCC1. The Kier molecular flexibility index (Phi) is 3.68. The smallest absolute Gasteiger partial charge is 0.244 e. The molecule has 1 unspecified atom stereocenters. The van der Waals surface area contributed by atoms with Gasteiger partial charge in [-0.05, 0) is 25.8 Å². The first-order valence-electron chi connectivity index (χ1n) is 6.40. The van der Waals surface area contributed by atoms with Gasteiger partial charge in [0.15, 0.2) is 0 Å². The van der Waals surface area contributed by atoms with Crippen LogP contribution >= 0.6 is 0 Å². The Morgan fingerprint density at radius 3 is 2.61 bits per heavy atom. The van der Waals surface area contributed by atoms with Crippen molar-refractivity contribution < 1.29 is 9.90 Å². The lowest BCUT2D eigenvalue weighted by molar-refractivity contribution is -0.121. The number of amides is 1. The number of nitrogens with one attached hydrogen (secondary N) is 1. The molecule has 4 nitrogen and oxygen atoms in total. The third-order valence-electron chi connectivity index (χ3n) is 3.61. The quantitative estimate of drug-likeness (QED) is 0.765. The Hall–Kier alpha value is -1.39. The summed E-state index contributed by atoms with van der Waals surface area (Å²) in [5, 5.41) is 12.5. The van der Waals surface area contributed by atoms with Gasteiger partial charge in [0.05, 0.1) is 11.6 Å².